The second kappa shape index (κ2) is 5.32. The van der Waals surface area contributed by atoms with Crippen LogP contribution in [0.4, 0.5) is 5.69 Å². The number of nitrogen functional groups attached to an aromatic ring is 1. The predicted molar refractivity (Wildman–Crippen MR) is 90.5 cm³/mol. The molecule has 1 aromatic carbocycles. The molecule has 0 saturated heterocycles. The molecule has 2 N–H and O–H groups in total. The number of hydrogen-bond acceptors (Lipinski definition) is 2. The number of pyridine rings is 1. The number of anilines is 1. The van der Waals surface area contributed by atoms with Gasteiger partial charge in [0, 0.05) is 28.2 Å². The second-order valence-corrected chi connectivity index (χ2v) is 7.12. The van der Waals surface area contributed by atoms with Gasteiger partial charge >= 0.3 is 0 Å². The maximum atomic E-state index is 6.59. The molecule has 2 aromatic rings. The molecule has 1 aliphatic carbocycles. The van der Waals surface area contributed by atoms with Crippen LogP contribution in [0.2, 0.25) is 0 Å². The average Bonchev–Trinajstić information content (AvgIpc) is 2.46. The SMILES string of the molecule is CC(C)[C@H]1CC[C@H](C(C)C)c2c1nc1ccccc1c2N. The van der Waals surface area contributed by atoms with Crippen molar-refractivity contribution in [2.75, 3.05) is 5.73 Å². The van der Waals surface area contributed by atoms with Crippen molar-refractivity contribution in [3.63, 3.8) is 0 Å². The lowest BCUT2D eigenvalue weighted by Crippen LogP contribution is -2.24. The van der Waals surface area contributed by atoms with Crippen LogP contribution in [0.25, 0.3) is 10.9 Å². The van der Waals surface area contributed by atoms with Crippen molar-refractivity contribution in [1.29, 1.82) is 0 Å². The molecule has 3 rings (SSSR count). The van der Waals surface area contributed by atoms with Crippen LogP contribution >= 0.6 is 0 Å². The molecule has 2 nitrogen and oxygen atoms in total. The van der Waals surface area contributed by atoms with Crippen LogP contribution in [0.15, 0.2) is 24.3 Å². The Bertz CT molecular complexity index is 658. The van der Waals surface area contributed by atoms with E-state index in [1.54, 1.807) is 0 Å². The van der Waals surface area contributed by atoms with E-state index in [1.165, 1.54) is 24.1 Å². The normalized spacial score (nSPS) is 22.0. The number of nitrogens with zero attached hydrogens (tertiary/aromatic N) is 1. The van der Waals surface area contributed by atoms with E-state index in [-0.39, 0.29) is 0 Å². The highest BCUT2D eigenvalue weighted by Gasteiger charge is 2.34. The Kier molecular flexibility index (Phi) is 3.64. The van der Waals surface area contributed by atoms with Crippen molar-refractivity contribution in [3.05, 3.63) is 35.5 Å². The molecule has 2 heteroatoms. The van der Waals surface area contributed by atoms with E-state index in [9.17, 15) is 0 Å². The minimum Gasteiger partial charge on any atom is -0.398 e. The van der Waals surface area contributed by atoms with Gasteiger partial charge < -0.3 is 5.73 Å². The summed E-state index contributed by atoms with van der Waals surface area (Å²) in [6.07, 6.45) is 2.47. The fraction of sp³-hybridized carbons (Fsp3) is 0.526. The van der Waals surface area contributed by atoms with Gasteiger partial charge in [-0.15, -0.1) is 0 Å². The summed E-state index contributed by atoms with van der Waals surface area (Å²) in [5.41, 5.74) is 11.2. The van der Waals surface area contributed by atoms with E-state index in [2.05, 4.69) is 45.9 Å². The monoisotopic (exact) mass is 282 g/mol. The van der Waals surface area contributed by atoms with E-state index >= 15 is 0 Å². The highest BCUT2D eigenvalue weighted by Crippen LogP contribution is 2.48. The van der Waals surface area contributed by atoms with Gasteiger partial charge in [-0.25, -0.2) is 0 Å². The van der Waals surface area contributed by atoms with E-state index in [4.69, 9.17) is 10.7 Å². The minimum atomic E-state index is 0.543. The fourth-order valence-electron chi connectivity index (χ4n) is 3.90. The number of nitrogens with two attached hydrogens (primary N) is 1. The molecule has 0 saturated carbocycles. The molecule has 0 fully saturated rings. The van der Waals surface area contributed by atoms with Crippen LogP contribution < -0.4 is 5.73 Å². The average molecular weight is 282 g/mol. The number of aromatic nitrogens is 1. The van der Waals surface area contributed by atoms with Crippen LogP contribution in [0.3, 0.4) is 0 Å². The zero-order valence-electron chi connectivity index (χ0n) is 13.6. The zero-order valence-corrected chi connectivity index (χ0v) is 13.6. The molecular weight excluding hydrogens is 256 g/mol. The summed E-state index contributed by atoms with van der Waals surface area (Å²) in [5, 5.41) is 1.12. The number of fused-ring (bicyclic) bond motifs is 2. The summed E-state index contributed by atoms with van der Waals surface area (Å²) >= 11 is 0. The summed E-state index contributed by atoms with van der Waals surface area (Å²) < 4.78 is 0. The molecule has 2 atom stereocenters. The highest BCUT2D eigenvalue weighted by atomic mass is 14.8. The predicted octanol–water partition coefficient (Wildman–Crippen LogP) is 5.09. The molecule has 1 aromatic heterocycles. The highest BCUT2D eigenvalue weighted by molar-refractivity contribution is 5.92. The minimum absolute atomic E-state index is 0.543. The van der Waals surface area contributed by atoms with Gasteiger partial charge in [-0.2, -0.15) is 0 Å². The van der Waals surface area contributed by atoms with Crippen molar-refractivity contribution in [1.82, 2.24) is 4.98 Å². The topological polar surface area (TPSA) is 38.9 Å². The van der Waals surface area contributed by atoms with Crippen LogP contribution in [0.1, 0.15) is 63.6 Å². The van der Waals surface area contributed by atoms with Crippen LogP contribution in [0.5, 0.6) is 0 Å². The zero-order chi connectivity index (χ0) is 15.1. The maximum Gasteiger partial charge on any atom is 0.0726 e. The third-order valence-electron chi connectivity index (χ3n) is 5.12. The number of hydrogen-bond donors (Lipinski definition) is 1. The molecular formula is C19H26N2. The van der Waals surface area contributed by atoms with Gasteiger partial charge in [0.15, 0.2) is 0 Å². The Morgan fingerprint density at radius 2 is 1.62 bits per heavy atom. The van der Waals surface area contributed by atoms with E-state index in [0.717, 1.165) is 16.6 Å². The van der Waals surface area contributed by atoms with Crippen molar-refractivity contribution >= 4 is 16.6 Å². The number of para-hydroxylation sites is 1. The molecule has 112 valence electrons. The van der Waals surface area contributed by atoms with E-state index in [0.29, 0.717) is 23.7 Å². The second-order valence-electron chi connectivity index (χ2n) is 7.12. The lowest BCUT2D eigenvalue weighted by Gasteiger charge is -2.36. The molecule has 1 aliphatic rings. The molecule has 0 unspecified atom stereocenters. The quantitative estimate of drug-likeness (QED) is 0.833. The molecule has 0 bridgehead atoms. The first-order valence-electron chi connectivity index (χ1n) is 8.18. The Labute approximate surface area is 127 Å². The third-order valence-corrected chi connectivity index (χ3v) is 5.12. The van der Waals surface area contributed by atoms with Crippen molar-refractivity contribution in [3.8, 4) is 0 Å². The molecule has 21 heavy (non-hydrogen) atoms. The lowest BCUT2D eigenvalue weighted by molar-refractivity contribution is 0.353. The van der Waals surface area contributed by atoms with Crippen molar-refractivity contribution in [2.45, 2.75) is 52.4 Å². The van der Waals surface area contributed by atoms with E-state index in [1.807, 2.05) is 6.07 Å². The summed E-state index contributed by atoms with van der Waals surface area (Å²) in [5.74, 6) is 2.32. The van der Waals surface area contributed by atoms with Crippen LogP contribution in [-0.4, -0.2) is 4.98 Å². The molecule has 1 heterocycles. The standard InChI is InChI=1S/C19H26N2/c1-11(2)13-9-10-14(12(3)4)19-17(13)18(20)15-7-5-6-8-16(15)21-19/h5-8,11-14H,9-10H2,1-4H3,(H2,20,21)/t13-,14-/m1/s1. The number of rotatable bonds is 2. The smallest absolute Gasteiger partial charge is 0.0726 e. The van der Waals surface area contributed by atoms with Crippen molar-refractivity contribution < 1.29 is 0 Å². The maximum absolute atomic E-state index is 6.59. The van der Waals surface area contributed by atoms with Gasteiger partial charge in [0.2, 0.25) is 0 Å². The largest absolute Gasteiger partial charge is 0.398 e. The molecule has 0 aliphatic heterocycles. The van der Waals surface area contributed by atoms with Gasteiger partial charge in [0.05, 0.1) is 5.52 Å². The van der Waals surface area contributed by atoms with Gasteiger partial charge in [-0.3, -0.25) is 4.98 Å². The first-order valence-corrected chi connectivity index (χ1v) is 8.18. The van der Waals surface area contributed by atoms with Crippen molar-refractivity contribution in [2.24, 2.45) is 11.8 Å². The first kappa shape index (κ1) is 14.4. The Balaban J connectivity index is 2.29. The Morgan fingerprint density at radius 3 is 2.29 bits per heavy atom. The molecule has 0 radical (unpaired) electrons. The summed E-state index contributed by atoms with van der Waals surface area (Å²) in [6.45, 7) is 9.21. The van der Waals surface area contributed by atoms with Gasteiger partial charge in [-0.05, 0) is 36.7 Å². The summed E-state index contributed by atoms with van der Waals surface area (Å²) in [4.78, 5) is 5.03. The summed E-state index contributed by atoms with van der Waals surface area (Å²) in [7, 11) is 0. The lowest BCUT2D eigenvalue weighted by atomic mass is 9.71. The van der Waals surface area contributed by atoms with Gasteiger partial charge in [0.1, 0.15) is 0 Å². The fourth-order valence-corrected chi connectivity index (χ4v) is 3.90. The Morgan fingerprint density at radius 1 is 1.00 bits per heavy atom. The first-order chi connectivity index (χ1) is 10.0. The molecule has 0 spiro atoms. The Hall–Kier alpha value is -1.57. The van der Waals surface area contributed by atoms with Gasteiger partial charge in [-0.1, -0.05) is 45.9 Å². The summed E-state index contributed by atoms with van der Waals surface area (Å²) in [6, 6.07) is 8.30. The van der Waals surface area contributed by atoms with Gasteiger partial charge in [0.25, 0.3) is 0 Å². The van der Waals surface area contributed by atoms with Crippen LogP contribution in [0, 0.1) is 11.8 Å². The third kappa shape index (κ3) is 2.31. The number of benzene rings is 1. The molecule has 0 amide bonds. The van der Waals surface area contributed by atoms with E-state index < -0.39 is 0 Å². The van der Waals surface area contributed by atoms with Crippen LogP contribution in [-0.2, 0) is 0 Å².